The molecule has 0 spiro atoms. The first-order valence-corrected chi connectivity index (χ1v) is 6.89. The summed E-state index contributed by atoms with van der Waals surface area (Å²) < 4.78 is 14.4. The summed E-state index contributed by atoms with van der Waals surface area (Å²) in [6.45, 7) is 0. The van der Waals surface area contributed by atoms with Gasteiger partial charge in [0, 0.05) is 16.3 Å². The van der Waals surface area contributed by atoms with Crippen molar-refractivity contribution in [1.82, 2.24) is 0 Å². The topological polar surface area (TPSA) is 26.0 Å². The molecule has 1 aromatic carbocycles. The van der Waals surface area contributed by atoms with Gasteiger partial charge in [0.2, 0.25) is 0 Å². The van der Waals surface area contributed by atoms with Crippen LogP contribution in [0.25, 0.3) is 0 Å². The molecule has 2 atom stereocenters. The van der Waals surface area contributed by atoms with E-state index in [1.54, 1.807) is 6.07 Å². The van der Waals surface area contributed by atoms with Gasteiger partial charge in [-0.25, -0.2) is 4.39 Å². The molecule has 0 amide bonds. The Hall–Kier alpha value is -0.0600. The zero-order valence-electron chi connectivity index (χ0n) is 8.25. The molecule has 1 fully saturated rings. The first-order chi connectivity index (χ1) is 7.16. The second-order valence-electron chi connectivity index (χ2n) is 3.90. The molecule has 1 aliphatic heterocycles. The van der Waals surface area contributed by atoms with Crippen LogP contribution in [0.2, 0.25) is 0 Å². The molecule has 1 nitrogen and oxygen atoms in total. The van der Waals surface area contributed by atoms with Crippen LogP contribution >= 0.6 is 27.7 Å². The van der Waals surface area contributed by atoms with Crippen molar-refractivity contribution in [2.24, 2.45) is 11.7 Å². The van der Waals surface area contributed by atoms with Crippen LogP contribution in [0.5, 0.6) is 0 Å². The van der Waals surface area contributed by atoms with E-state index in [1.807, 2.05) is 17.8 Å². The summed E-state index contributed by atoms with van der Waals surface area (Å²) in [6.07, 6.45) is 0.749. The van der Waals surface area contributed by atoms with Gasteiger partial charge in [0.15, 0.2) is 0 Å². The van der Waals surface area contributed by atoms with Crippen molar-refractivity contribution in [2.75, 3.05) is 11.5 Å². The number of hydrogen-bond acceptors (Lipinski definition) is 2. The Kier molecular flexibility index (Phi) is 3.69. The Bertz CT molecular complexity index is 358. The Morgan fingerprint density at radius 1 is 1.47 bits per heavy atom. The first-order valence-electron chi connectivity index (χ1n) is 4.94. The summed E-state index contributed by atoms with van der Waals surface area (Å²) in [4.78, 5) is 0. The van der Waals surface area contributed by atoms with E-state index >= 15 is 0 Å². The number of hydrogen-bond donors (Lipinski definition) is 1. The Morgan fingerprint density at radius 2 is 2.27 bits per heavy atom. The summed E-state index contributed by atoms with van der Waals surface area (Å²) in [7, 11) is 0. The van der Waals surface area contributed by atoms with Gasteiger partial charge in [0.1, 0.15) is 5.82 Å². The van der Waals surface area contributed by atoms with Crippen molar-refractivity contribution in [3.8, 4) is 0 Å². The van der Waals surface area contributed by atoms with Crippen molar-refractivity contribution >= 4 is 27.7 Å². The van der Waals surface area contributed by atoms with Crippen LogP contribution in [0.4, 0.5) is 4.39 Å². The third kappa shape index (κ3) is 2.74. The molecule has 2 rings (SSSR count). The SMILES string of the molecule is NC1CSCC1Cc1cc(Br)ccc1F. The molecule has 0 aromatic heterocycles. The molecule has 1 aromatic rings. The number of halogens is 2. The smallest absolute Gasteiger partial charge is 0.126 e. The first kappa shape index (κ1) is 11.4. The Labute approximate surface area is 102 Å². The van der Waals surface area contributed by atoms with Crippen molar-refractivity contribution in [3.63, 3.8) is 0 Å². The maximum Gasteiger partial charge on any atom is 0.126 e. The van der Waals surface area contributed by atoms with Crippen LogP contribution in [0.3, 0.4) is 0 Å². The van der Waals surface area contributed by atoms with Gasteiger partial charge in [-0.3, -0.25) is 0 Å². The monoisotopic (exact) mass is 289 g/mol. The van der Waals surface area contributed by atoms with Gasteiger partial charge in [-0.1, -0.05) is 15.9 Å². The third-order valence-electron chi connectivity index (χ3n) is 2.74. The molecule has 2 unspecified atom stereocenters. The molecular weight excluding hydrogens is 277 g/mol. The lowest BCUT2D eigenvalue weighted by Crippen LogP contribution is -2.29. The summed E-state index contributed by atoms with van der Waals surface area (Å²) in [5.74, 6) is 2.34. The van der Waals surface area contributed by atoms with Crippen molar-refractivity contribution in [1.29, 1.82) is 0 Å². The standard InChI is InChI=1S/C11H13BrFNS/c12-9-1-2-10(13)7(4-9)3-8-5-15-6-11(8)14/h1-2,4,8,11H,3,5-6,14H2. The van der Waals surface area contributed by atoms with Crippen molar-refractivity contribution in [2.45, 2.75) is 12.5 Å². The molecule has 82 valence electrons. The van der Waals surface area contributed by atoms with E-state index in [0.717, 1.165) is 28.0 Å². The summed E-state index contributed by atoms with van der Waals surface area (Å²) in [6, 6.07) is 5.30. The fourth-order valence-corrected chi connectivity index (χ4v) is 3.56. The van der Waals surface area contributed by atoms with Gasteiger partial charge in [-0.2, -0.15) is 11.8 Å². The predicted octanol–water partition coefficient (Wildman–Crippen LogP) is 2.82. The lowest BCUT2D eigenvalue weighted by atomic mass is 9.95. The van der Waals surface area contributed by atoms with Crippen LogP contribution in [-0.4, -0.2) is 17.5 Å². The summed E-state index contributed by atoms with van der Waals surface area (Å²) in [5.41, 5.74) is 6.73. The maximum absolute atomic E-state index is 13.5. The maximum atomic E-state index is 13.5. The van der Waals surface area contributed by atoms with Crippen LogP contribution < -0.4 is 5.73 Å². The Balaban J connectivity index is 2.12. The third-order valence-corrected chi connectivity index (χ3v) is 4.52. The molecule has 0 bridgehead atoms. The molecule has 0 radical (unpaired) electrons. The van der Waals surface area contributed by atoms with E-state index in [1.165, 1.54) is 6.07 Å². The minimum atomic E-state index is -0.123. The molecule has 1 saturated heterocycles. The largest absolute Gasteiger partial charge is 0.327 e. The molecule has 1 heterocycles. The Morgan fingerprint density at radius 3 is 2.93 bits per heavy atom. The second-order valence-corrected chi connectivity index (χ2v) is 5.89. The van der Waals surface area contributed by atoms with Gasteiger partial charge in [-0.15, -0.1) is 0 Å². The van der Waals surface area contributed by atoms with E-state index in [0.29, 0.717) is 5.92 Å². The van der Waals surface area contributed by atoms with E-state index in [-0.39, 0.29) is 11.9 Å². The number of benzene rings is 1. The highest BCUT2D eigenvalue weighted by atomic mass is 79.9. The molecule has 2 N–H and O–H groups in total. The van der Waals surface area contributed by atoms with Crippen molar-refractivity contribution in [3.05, 3.63) is 34.1 Å². The minimum absolute atomic E-state index is 0.123. The lowest BCUT2D eigenvalue weighted by molar-refractivity contribution is 0.498. The fraction of sp³-hybridized carbons (Fsp3) is 0.455. The van der Waals surface area contributed by atoms with Crippen LogP contribution in [0.15, 0.2) is 22.7 Å². The zero-order chi connectivity index (χ0) is 10.8. The average molecular weight is 290 g/mol. The molecule has 0 saturated carbocycles. The van der Waals surface area contributed by atoms with Crippen molar-refractivity contribution < 1.29 is 4.39 Å². The summed E-state index contributed by atoms with van der Waals surface area (Å²) in [5, 5.41) is 0. The minimum Gasteiger partial charge on any atom is -0.327 e. The number of rotatable bonds is 2. The molecule has 4 heteroatoms. The van der Waals surface area contributed by atoms with Crippen LogP contribution in [0, 0.1) is 11.7 Å². The molecular formula is C11H13BrFNS. The highest BCUT2D eigenvalue weighted by molar-refractivity contribution is 9.10. The second kappa shape index (κ2) is 4.85. The van der Waals surface area contributed by atoms with Gasteiger partial charge < -0.3 is 5.73 Å². The van der Waals surface area contributed by atoms with Crippen LogP contribution in [0.1, 0.15) is 5.56 Å². The average Bonchev–Trinajstić information content (AvgIpc) is 2.58. The number of thioether (sulfide) groups is 1. The van der Waals surface area contributed by atoms with E-state index in [2.05, 4.69) is 15.9 Å². The zero-order valence-corrected chi connectivity index (χ0v) is 10.7. The quantitative estimate of drug-likeness (QED) is 0.906. The normalized spacial score (nSPS) is 25.8. The van der Waals surface area contributed by atoms with Crippen LogP contribution in [-0.2, 0) is 6.42 Å². The molecule has 1 aliphatic rings. The number of nitrogens with two attached hydrogens (primary N) is 1. The molecule has 0 aliphatic carbocycles. The van der Waals surface area contributed by atoms with E-state index in [9.17, 15) is 4.39 Å². The van der Waals surface area contributed by atoms with Gasteiger partial charge >= 0.3 is 0 Å². The predicted molar refractivity (Wildman–Crippen MR) is 66.6 cm³/mol. The lowest BCUT2D eigenvalue weighted by Gasteiger charge is -2.14. The van der Waals surface area contributed by atoms with E-state index < -0.39 is 0 Å². The van der Waals surface area contributed by atoms with E-state index in [4.69, 9.17) is 5.73 Å². The van der Waals surface area contributed by atoms with Gasteiger partial charge in [-0.05, 0) is 41.9 Å². The fourth-order valence-electron chi connectivity index (χ4n) is 1.81. The van der Waals surface area contributed by atoms with Gasteiger partial charge in [0.05, 0.1) is 0 Å². The summed E-state index contributed by atoms with van der Waals surface area (Å²) >= 11 is 5.22. The highest BCUT2D eigenvalue weighted by Crippen LogP contribution is 2.27. The molecule has 15 heavy (non-hydrogen) atoms. The highest BCUT2D eigenvalue weighted by Gasteiger charge is 2.25. The van der Waals surface area contributed by atoms with Gasteiger partial charge in [0.25, 0.3) is 0 Å².